The fraction of sp³-hybridized carbons (Fsp3) is 0.0638. The smallest absolute Gasteiger partial charge is 0.164 e. The Morgan fingerprint density at radius 3 is 1.70 bits per heavy atom. The summed E-state index contributed by atoms with van der Waals surface area (Å²) >= 11 is 0. The van der Waals surface area contributed by atoms with E-state index in [1.165, 1.54) is 5.56 Å². The van der Waals surface area contributed by atoms with Gasteiger partial charge in [0.05, 0.1) is 16.7 Å². The van der Waals surface area contributed by atoms with Crippen molar-refractivity contribution in [2.45, 2.75) is 19.8 Å². The number of pyridine rings is 3. The van der Waals surface area contributed by atoms with E-state index in [0.717, 1.165) is 72.0 Å². The van der Waals surface area contributed by atoms with E-state index in [9.17, 15) is 0 Å². The summed E-state index contributed by atoms with van der Waals surface area (Å²) in [6.07, 6.45) is 5.49. The van der Waals surface area contributed by atoms with Crippen LogP contribution in [0.5, 0.6) is 0 Å². The zero-order valence-corrected chi connectivity index (χ0v) is 29.3. The Labute approximate surface area is 308 Å². The zero-order valence-electron chi connectivity index (χ0n) is 29.3. The molecule has 0 aliphatic heterocycles. The predicted molar refractivity (Wildman–Crippen MR) is 215 cm³/mol. The maximum absolute atomic E-state index is 5.08. The van der Waals surface area contributed by atoms with Crippen molar-refractivity contribution in [2.75, 3.05) is 0 Å². The van der Waals surface area contributed by atoms with Gasteiger partial charge >= 0.3 is 0 Å². The van der Waals surface area contributed by atoms with E-state index in [1.54, 1.807) is 6.20 Å². The summed E-state index contributed by atoms with van der Waals surface area (Å²) in [4.78, 5) is 29.2. The maximum Gasteiger partial charge on any atom is 0.164 e. The third-order valence-electron chi connectivity index (χ3n) is 9.62. The summed E-state index contributed by atoms with van der Waals surface area (Å²) in [6, 6.07) is 50.2. The number of nitrogens with zero attached hydrogens (tertiary/aromatic N) is 6. The van der Waals surface area contributed by atoms with Gasteiger partial charge in [-0.15, -0.1) is 0 Å². The van der Waals surface area contributed by atoms with Crippen LogP contribution in [0.4, 0.5) is 0 Å². The van der Waals surface area contributed by atoms with Crippen molar-refractivity contribution in [3.05, 3.63) is 170 Å². The molecule has 6 nitrogen and oxygen atoms in total. The molecule has 5 aromatic carbocycles. The molecule has 53 heavy (non-hydrogen) atoms. The minimum absolute atomic E-state index is 0.405. The number of hydrogen-bond donors (Lipinski definition) is 0. The first-order valence-electron chi connectivity index (χ1n) is 17.8. The Morgan fingerprint density at radius 1 is 0.415 bits per heavy atom. The van der Waals surface area contributed by atoms with E-state index in [1.807, 2.05) is 91.3 Å². The fourth-order valence-electron chi connectivity index (χ4n) is 6.81. The average Bonchev–Trinajstić information content (AvgIpc) is 3.24. The lowest BCUT2D eigenvalue weighted by Gasteiger charge is -2.14. The fourth-order valence-corrected chi connectivity index (χ4v) is 6.81. The minimum atomic E-state index is 0.405. The molecule has 0 spiro atoms. The van der Waals surface area contributed by atoms with Gasteiger partial charge in [0, 0.05) is 51.6 Å². The van der Waals surface area contributed by atoms with Crippen LogP contribution in [-0.2, 0) is 0 Å². The largest absolute Gasteiger partial charge is 0.264 e. The first-order chi connectivity index (χ1) is 26.1. The second-order valence-corrected chi connectivity index (χ2v) is 13.4. The summed E-state index contributed by atoms with van der Waals surface area (Å²) in [5.41, 5.74) is 12.1. The van der Waals surface area contributed by atoms with Crippen molar-refractivity contribution < 1.29 is 0 Å². The van der Waals surface area contributed by atoms with E-state index in [4.69, 9.17) is 19.9 Å². The molecule has 0 radical (unpaired) electrons. The first kappa shape index (κ1) is 32.0. The molecule has 0 bridgehead atoms. The predicted octanol–water partition coefficient (Wildman–Crippen LogP) is 11.5. The molecule has 4 heterocycles. The second-order valence-electron chi connectivity index (χ2n) is 13.4. The molecule has 0 N–H and O–H groups in total. The van der Waals surface area contributed by atoms with Crippen LogP contribution in [0.3, 0.4) is 0 Å². The van der Waals surface area contributed by atoms with Crippen LogP contribution in [0, 0.1) is 0 Å². The van der Waals surface area contributed by atoms with Crippen LogP contribution < -0.4 is 0 Å². The van der Waals surface area contributed by atoms with Crippen LogP contribution >= 0.6 is 0 Å². The van der Waals surface area contributed by atoms with Crippen molar-refractivity contribution in [3.8, 4) is 67.7 Å². The SMILES string of the molecule is CC(C)c1cccc(-c2cc(-c3ccc(-c4nc5cccnc5c5cnccc45)cc3)cc(-c3nc(-c4ccccc4)nc(-c4ccccc4)n3)c2)c1. The van der Waals surface area contributed by atoms with Crippen LogP contribution in [0.2, 0.25) is 0 Å². The lowest BCUT2D eigenvalue weighted by Crippen LogP contribution is -2.00. The molecular weight excluding hydrogens is 649 g/mol. The van der Waals surface area contributed by atoms with Crippen molar-refractivity contribution in [3.63, 3.8) is 0 Å². The Morgan fingerprint density at radius 2 is 1.02 bits per heavy atom. The quantitative estimate of drug-likeness (QED) is 0.156. The lowest BCUT2D eigenvalue weighted by molar-refractivity contribution is 0.867. The molecule has 0 aliphatic rings. The second kappa shape index (κ2) is 13.7. The number of benzene rings is 5. The molecule has 0 atom stereocenters. The van der Waals surface area contributed by atoms with E-state index in [0.29, 0.717) is 23.4 Å². The highest BCUT2D eigenvalue weighted by Crippen LogP contribution is 2.36. The number of rotatable bonds is 7. The van der Waals surface area contributed by atoms with Crippen molar-refractivity contribution >= 4 is 21.8 Å². The molecule has 0 fully saturated rings. The van der Waals surface area contributed by atoms with Gasteiger partial charge in [0.2, 0.25) is 0 Å². The molecule has 0 saturated carbocycles. The molecular formula is C47H34N6. The van der Waals surface area contributed by atoms with E-state index >= 15 is 0 Å². The molecule has 0 unspecified atom stereocenters. The van der Waals surface area contributed by atoms with Gasteiger partial charge < -0.3 is 0 Å². The van der Waals surface area contributed by atoms with Crippen LogP contribution in [-0.4, -0.2) is 29.9 Å². The molecule has 0 saturated heterocycles. The summed E-state index contributed by atoms with van der Waals surface area (Å²) < 4.78 is 0. The zero-order chi connectivity index (χ0) is 35.7. The normalized spacial score (nSPS) is 11.4. The Bertz CT molecular complexity index is 2690. The van der Waals surface area contributed by atoms with Crippen LogP contribution in [0.1, 0.15) is 25.3 Å². The summed E-state index contributed by atoms with van der Waals surface area (Å²) in [5, 5.41) is 2.01. The van der Waals surface area contributed by atoms with Gasteiger partial charge in [-0.3, -0.25) is 9.97 Å². The monoisotopic (exact) mass is 682 g/mol. The lowest BCUT2D eigenvalue weighted by atomic mass is 9.92. The standard InChI is InChI=1S/C47H34N6/c1-30(2)35-15-9-16-36(25-35)38-26-37(31-18-20-32(21-19-31)43-40-22-24-48-29-41(40)44-42(50-43)17-10-23-49-44)27-39(28-38)47-52-45(33-11-5-3-6-12-33)51-46(53-47)34-13-7-4-8-14-34/h3-30H,1-2H3. The maximum atomic E-state index is 5.08. The molecule has 9 aromatic rings. The van der Waals surface area contributed by atoms with Crippen molar-refractivity contribution in [1.29, 1.82) is 0 Å². The topological polar surface area (TPSA) is 77.3 Å². The minimum Gasteiger partial charge on any atom is -0.264 e. The highest BCUT2D eigenvalue weighted by atomic mass is 15.0. The van der Waals surface area contributed by atoms with Gasteiger partial charge in [0.1, 0.15) is 0 Å². The number of hydrogen-bond acceptors (Lipinski definition) is 6. The van der Waals surface area contributed by atoms with E-state index in [-0.39, 0.29) is 0 Å². The summed E-state index contributed by atoms with van der Waals surface area (Å²) in [7, 11) is 0. The highest BCUT2D eigenvalue weighted by Gasteiger charge is 2.16. The molecule has 0 aliphatic carbocycles. The third-order valence-corrected chi connectivity index (χ3v) is 9.62. The van der Waals surface area contributed by atoms with Gasteiger partial charge in [-0.25, -0.2) is 19.9 Å². The summed E-state index contributed by atoms with van der Waals surface area (Å²) in [5.74, 6) is 2.29. The van der Waals surface area contributed by atoms with E-state index < -0.39 is 0 Å². The molecule has 9 rings (SSSR count). The van der Waals surface area contributed by atoms with Gasteiger partial charge in [0.15, 0.2) is 17.5 Å². The number of aromatic nitrogens is 6. The number of fused-ring (bicyclic) bond motifs is 3. The van der Waals surface area contributed by atoms with Gasteiger partial charge in [-0.1, -0.05) is 123 Å². The first-order valence-corrected chi connectivity index (χ1v) is 17.8. The average molecular weight is 683 g/mol. The van der Waals surface area contributed by atoms with Gasteiger partial charge in [0.25, 0.3) is 0 Å². The van der Waals surface area contributed by atoms with Gasteiger partial charge in [-0.2, -0.15) is 0 Å². The van der Waals surface area contributed by atoms with Crippen LogP contribution in [0.15, 0.2) is 164 Å². The Balaban J connectivity index is 1.21. The van der Waals surface area contributed by atoms with E-state index in [2.05, 4.69) is 90.5 Å². The molecule has 252 valence electrons. The molecule has 6 heteroatoms. The highest BCUT2D eigenvalue weighted by molar-refractivity contribution is 6.08. The van der Waals surface area contributed by atoms with Gasteiger partial charge in [-0.05, 0) is 70.1 Å². The Kier molecular flexibility index (Phi) is 8.25. The third kappa shape index (κ3) is 6.32. The summed E-state index contributed by atoms with van der Waals surface area (Å²) in [6.45, 7) is 4.45. The Hall–Kier alpha value is -6.92. The molecule has 0 amide bonds. The van der Waals surface area contributed by atoms with Crippen molar-refractivity contribution in [1.82, 2.24) is 29.9 Å². The molecule has 4 aromatic heterocycles. The van der Waals surface area contributed by atoms with Crippen molar-refractivity contribution in [2.24, 2.45) is 0 Å². The van der Waals surface area contributed by atoms with Crippen LogP contribution in [0.25, 0.3) is 89.5 Å².